The number of aliphatic imine (C=N–C) groups is 1. The number of benzene rings is 1. The van der Waals surface area contributed by atoms with Gasteiger partial charge in [-0.25, -0.2) is 0 Å². The Morgan fingerprint density at radius 1 is 1.31 bits per heavy atom. The summed E-state index contributed by atoms with van der Waals surface area (Å²) in [5, 5.41) is 0. The summed E-state index contributed by atoms with van der Waals surface area (Å²) in [4.78, 5) is 3.53. The third-order valence-electron chi connectivity index (χ3n) is 1.52. The van der Waals surface area contributed by atoms with Gasteiger partial charge in [-0.15, -0.1) is 0 Å². The smallest absolute Gasteiger partial charge is 0.294 e. The minimum absolute atomic E-state index is 0.111. The van der Waals surface area contributed by atoms with Crippen molar-refractivity contribution in [3.05, 3.63) is 29.8 Å². The van der Waals surface area contributed by atoms with Crippen LogP contribution < -0.4 is 0 Å². The number of hydrogen-bond donors (Lipinski definition) is 1. The van der Waals surface area contributed by atoms with Gasteiger partial charge < -0.3 is 0 Å². The highest BCUT2D eigenvalue weighted by Crippen LogP contribution is 2.10. The molecule has 0 saturated carbocycles. The van der Waals surface area contributed by atoms with Gasteiger partial charge in [-0.1, -0.05) is 12.1 Å². The second-order valence-corrected chi connectivity index (χ2v) is 3.92. The summed E-state index contributed by atoms with van der Waals surface area (Å²) in [5.74, 6) is 0. The molecule has 5 heteroatoms. The van der Waals surface area contributed by atoms with Crippen molar-refractivity contribution in [2.24, 2.45) is 4.99 Å². The van der Waals surface area contributed by atoms with Crippen LogP contribution in [0.2, 0.25) is 0 Å². The van der Waals surface area contributed by atoms with Crippen molar-refractivity contribution in [3.8, 4) is 0 Å². The van der Waals surface area contributed by atoms with Gasteiger partial charge in [0.05, 0.1) is 11.4 Å². The summed E-state index contributed by atoms with van der Waals surface area (Å²) in [6.45, 7) is 3.75. The molecule has 1 N–H and O–H groups in total. The lowest BCUT2D eigenvalue weighted by atomic mass is 10.2. The second-order valence-electron chi connectivity index (χ2n) is 2.50. The maximum absolute atomic E-state index is 10.6. The quantitative estimate of drug-likeness (QED) is 0.586. The lowest BCUT2D eigenvalue weighted by molar-refractivity contribution is 0.483. The van der Waals surface area contributed by atoms with Gasteiger partial charge in [0, 0.05) is 0 Å². The van der Waals surface area contributed by atoms with E-state index in [1.807, 2.05) is 0 Å². The largest absolute Gasteiger partial charge is 0.296 e. The first-order chi connectivity index (χ1) is 6.04. The molecule has 0 fully saturated rings. The van der Waals surface area contributed by atoms with Gasteiger partial charge in [0.2, 0.25) is 0 Å². The maximum Gasteiger partial charge on any atom is 0.294 e. The fourth-order valence-corrected chi connectivity index (χ4v) is 1.38. The van der Waals surface area contributed by atoms with Crippen molar-refractivity contribution in [3.63, 3.8) is 0 Å². The zero-order chi connectivity index (χ0) is 9.90. The van der Waals surface area contributed by atoms with E-state index in [4.69, 9.17) is 4.55 Å². The van der Waals surface area contributed by atoms with Crippen molar-refractivity contribution in [2.45, 2.75) is 11.4 Å². The fraction of sp³-hybridized carbons (Fsp3) is 0.125. The van der Waals surface area contributed by atoms with E-state index in [-0.39, 0.29) is 4.90 Å². The summed E-state index contributed by atoms with van der Waals surface area (Å²) in [6.07, 6.45) is 0. The predicted octanol–water partition coefficient (Wildman–Crippen LogP) is 1.13. The molecule has 1 rings (SSSR count). The summed E-state index contributed by atoms with van der Waals surface area (Å²) >= 11 is 0. The van der Waals surface area contributed by atoms with Crippen LogP contribution in [0.5, 0.6) is 0 Å². The lowest BCUT2D eigenvalue weighted by Crippen LogP contribution is -1.97. The van der Waals surface area contributed by atoms with Gasteiger partial charge >= 0.3 is 0 Å². The van der Waals surface area contributed by atoms with E-state index in [1.165, 1.54) is 12.1 Å². The average Bonchev–Trinajstić information content (AvgIpc) is 2.04. The third-order valence-corrected chi connectivity index (χ3v) is 2.38. The molecule has 0 aliphatic carbocycles. The van der Waals surface area contributed by atoms with Gasteiger partial charge in [0.25, 0.3) is 10.1 Å². The van der Waals surface area contributed by atoms with Crippen LogP contribution in [0.15, 0.2) is 34.2 Å². The Labute approximate surface area is 76.7 Å². The van der Waals surface area contributed by atoms with Crippen LogP contribution >= 0.6 is 0 Å². The molecular formula is C8H9NO3S. The highest BCUT2D eigenvalue weighted by atomic mass is 32.2. The molecule has 1 aromatic rings. The Bertz CT molecular complexity index is 394. The van der Waals surface area contributed by atoms with Crippen molar-refractivity contribution in [1.82, 2.24) is 0 Å². The Hall–Kier alpha value is -1.20. The van der Waals surface area contributed by atoms with E-state index < -0.39 is 10.1 Å². The molecule has 0 aliphatic rings. The number of nitrogens with zero attached hydrogens (tertiary/aromatic N) is 1. The number of hydrogen-bond acceptors (Lipinski definition) is 3. The molecule has 1 aromatic carbocycles. The van der Waals surface area contributed by atoms with Crippen LogP contribution in [0.3, 0.4) is 0 Å². The standard InChI is InChI=1S/C8H9NO3S/c1-9-6-7-2-4-8(5-3-7)13(10,11)12/h2-5H,1,6H2,(H,10,11,12). The van der Waals surface area contributed by atoms with Gasteiger partial charge in [-0.05, 0) is 24.4 Å². The van der Waals surface area contributed by atoms with Crippen LogP contribution in [-0.4, -0.2) is 19.7 Å². The van der Waals surface area contributed by atoms with Crippen LogP contribution in [-0.2, 0) is 16.7 Å². The Balaban J connectivity index is 3.01. The first-order valence-electron chi connectivity index (χ1n) is 3.53. The molecule has 0 spiro atoms. The molecule has 0 radical (unpaired) electrons. The first-order valence-corrected chi connectivity index (χ1v) is 4.97. The van der Waals surface area contributed by atoms with Crippen LogP contribution in [0.1, 0.15) is 5.56 Å². The van der Waals surface area contributed by atoms with Crippen LogP contribution in [0.4, 0.5) is 0 Å². The van der Waals surface area contributed by atoms with E-state index in [0.29, 0.717) is 6.54 Å². The molecular weight excluding hydrogens is 190 g/mol. The molecule has 13 heavy (non-hydrogen) atoms. The molecule has 4 nitrogen and oxygen atoms in total. The minimum Gasteiger partial charge on any atom is -0.296 e. The number of rotatable bonds is 3. The third kappa shape index (κ3) is 2.64. The Morgan fingerprint density at radius 2 is 1.85 bits per heavy atom. The Kier molecular flexibility index (Phi) is 2.79. The topological polar surface area (TPSA) is 66.7 Å². The summed E-state index contributed by atoms with van der Waals surface area (Å²) in [6, 6.07) is 5.82. The zero-order valence-corrected chi connectivity index (χ0v) is 7.66. The van der Waals surface area contributed by atoms with E-state index in [1.54, 1.807) is 12.1 Å². The molecule has 0 atom stereocenters. The molecule has 0 heterocycles. The van der Waals surface area contributed by atoms with Crippen molar-refractivity contribution in [1.29, 1.82) is 0 Å². The van der Waals surface area contributed by atoms with E-state index >= 15 is 0 Å². The van der Waals surface area contributed by atoms with Crippen molar-refractivity contribution in [2.75, 3.05) is 0 Å². The molecule has 70 valence electrons. The molecule has 0 aliphatic heterocycles. The fourth-order valence-electron chi connectivity index (χ4n) is 0.896. The lowest BCUT2D eigenvalue weighted by Gasteiger charge is -1.98. The molecule has 0 saturated heterocycles. The van der Waals surface area contributed by atoms with Crippen molar-refractivity contribution < 1.29 is 13.0 Å². The normalized spacial score (nSPS) is 11.2. The summed E-state index contributed by atoms with van der Waals surface area (Å²) in [5.41, 5.74) is 0.849. The summed E-state index contributed by atoms with van der Waals surface area (Å²) < 4.78 is 29.9. The van der Waals surface area contributed by atoms with E-state index in [9.17, 15) is 8.42 Å². The predicted molar refractivity (Wildman–Crippen MR) is 49.5 cm³/mol. The van der Waals surface area contributed by atoms with Gasteiger partial charge in [-0.3, -0.25) is 9.55 Å². The zero-order valence-electron chi connectivity index (χ0n) is 6.84. The van der Waals surface area contributed by atoms with Crippen molar-refractivity contribution >= 4 is 16.8 Å². The van der Waals surface area contributed by atoms with Crippen LogP contribution in [0, 0.1) is 0 Å². The molecule has 0 aromatic heterocycles. The van der Waals surface area contributed by atoms with E-state index in [2.05, 4.69) is 11.7 Å². The highest BCUT2D eigenvalue weighted by molar-refractivity contribution is 7.85. The van der Waals surface area contributed by atoms with Gasteiger partial charge in [0.1, 0.15) is 0 Å². The van der Waals surface area contributed by atoms with E-state index in [0.717, 1.165) is 5.56 Å². The second kappa shape index (κ2) is 3.68. The molecule has 0 unspecified atom stereocenters. The highest BCUT2D eigenvalue weighted by Gasteiger charge is 2.07. The monoisotopic (exact) mass is 199 g/mol. The molecule has 0 bridgehead atoms. The molecule has 0 amide bonds. The van der Waals surface area contributed by atoms with Crippen LogP contribution in [0.25, 0.3) is 0 Å². The van der Waals surface area contributed by atoms with Gasteiger partial charge in [0.15, 0.2) is 0 Å². The Morgan fingerprint density at radius 3 is 2.23 bits per heavy atom. The first kappa shape index (κ1) is 9.88. The average molecular weight is 199 g/mol. The van der Waals surface area contributed by atoms with Gasteiger partial charge in [-0.2, -0.15) is 8.42 Å². The maximum atomic E-state index is 10.6. The summed E-state index contributed by atoms with van der Waals surface area (Å²) in [7, 11) is -4.08. The SMILES string of the molecule is C=NCc1ccc(S(=O)(=O)O)cc1. The minimum atomic E-state index is -4.08.